The molecular formula is C11H19ClN4. The van der Waals surface area contributed by atoms with Gasteiger partial charge in [0.1, 0.15) is 12.0 Å². The Morgan fingerprint density at radius 3 is 2.62 bits per heavy atom. The minimum Gasteiger partial charge on any atom is -0.393 e. The third-order valence-corrected chi connectivity index (χ3v) is 2.70. The molecule has 0 aliphatic heterocycles. The van der Waals surface area contributed by atoms with Gasteiger partial charge in [-0.3, -0.25) is 0 Å². The minimum atomic E-state index is 0.300. The molecule has 0 amide bonds. The van der Waals surface area contributed by atoms with E-state index in [0.29, 0.717) is 28.6 Å². The van der Waals surface area contributed by atoms with Gasteiger partial charge >= 0.3 is 0 Å². The summed E-state index contributed by atoms with van der Waals surface area (Å²) in [6, 6.07) is 0.329. The zero-order valence-corrected chi connectivity index (χ0v) is 10.8. The molecule has 0 saturated heterocycles. The average molecular weight is 243 g/mol. The number of hydrogen-bond donors (Lipinski definition) is 2. The van der Waals surface area contributed by atoms with Gasteiger partial charge in [-0.15, -0.1) is 0 Å². The summed E-state index contributed by atoms with van der Waals surface area (Å²) < 4.78 is 0. The Morgan fingerprint density at radius 2 is 2.00 bits per heavy atom. The lowest BCUT2D eigenvalue weighted by molar-refractivity contribution is 0.527. The van der Waals surface area contributed by atoms with Gasteiger partial charge in [-0.25, -0.2) is 9.97 Å². The van der Waals surface area contributed by atoms with E-state index in [4.69, 9.17) is 17.3 Å². The maximum absolute atomic E-state index is 5.81. The summed E-state index contributed by atoms with van der Waals surface area (Å²) in [5.74, 6) is 1.33. The topological polar surface area (TPSA) is 63.8 Å². The van der Waals surface area contributed by atoms with Crippen LogP contribution in [0.25, 0.3) is 0 Å². The van der Waals surface area contributed by atoms with Crippen LogP contribution in [-0.4, -0.2) is 16.0 Å². The number of halogens is 1. The molecule has 0 radical (unpaired) electrons. The van der Waals surface area contributed by atoms with E-state index in [1.165, 1.54) is 12.7 Å². The standard InChI is InChI=1S/C11H19ClN4/c1-7(2)4-5-8(3)16-11-9(13)10(12)14-6-15-11/h6-8H,4-5,13H2,1-3H3,(H,14,15,16). The highest BCUT2D eigenvalue weighted by Crippen LogP contribution is 2.23. The molecule has 1 aromatic rings. The molecule has 0 saturated carbocycles. The molecule has 5 heteroatoms. The summed E-state index contributed by atoms with van der Waals surface area (Å²) in [6.45, 7) is 6.53. The lowest BCUT2D eigenvalue weighted by atomic mass is 10.0. The van der Waals surface area contributed by atoms with Crippen molar-refractivity contribution in [2.45, 2.75) is 39.7 Å². The van der Waals surface area contributed by atoms with Crippen molar-refractivity contribution in [2.24, 2.45) is 5.92 Å². The van der Waals surface area contributed by atoms with Crippen molar-refractivity contribution in [3.05, 3.63) is 11.5 Å². The van der Waals surface area contributed by atoms with Gasteiger partial charge < -0.3 is 11.1 Å². The molecular weight excluding hydrogens is 224 g/mol. The maximum Gasteiger partial charge on any atom is 0.157 e. The van der Waals surface area contributed by atoms with E-state index in [2.05, 4.69) is 36.1 Å². The van der Waals surface area contributed by atoms with Crippen LogP contribution >= 0.6 is 11.6 Å². The van der Waals surface area contributed by atoms with Crippen LogP contribution in [0.15, 0.2) is 6.33 Å². The first-order valence-corrected chi connectivity index (χ1v) is 5.91. The van der Waals surface area contributed by atoms with Gasteiger partial charge in [0.25, 0.3) is 0 Å². The summed E-state index contributed by atoms with van der Waals surface area (Å²) >= 11 is 5.81. The molecule has 0 aliphatic carbocycles. The second-order valence-corrected chi connectivity index (χ2v) is 4.80. The second kappa shape index (κ2) is 5.89. The molecule has 1 heterocycles. The molecule has 1 aromatic heterocycles. The van der Waals surface area contributed by atoms with Crippen LogP contribution in [0.1, 0.15) is 33.6 Å². The van der Waals surface area contributed by atoms with Crippen molar-refractivity contribution in [1.82, 2.24) is 9.97 Å². The molecule has 4 nitrogen and oxygen atoms in total. The zero-order chi connectivity index (χ0) is 12.1. The van der Waals surface area contributed by atoms with E-state index < -0.39 is 0 Å². The van der Waals surface area contributed by atoms with Gasteiger partial charge in [0, 0.05) is 6.04 Å². The van der Waals surface area contributed by atoms with E-state index in [1.54, 1.807) is 0 Å². The molecule has 0 aromatic carbocycles. The summed E-state index contributed by atoms with van der Waals surface area (Å²) in [5.41, 5.74) is 6.18. The zero-order valence-electron chi connectivity index (χ0n) is 10.00. The van der Waals surface area contributed by atoms with Crippen LogP contribution in [-0.2, 0) is 0 Å². The molecule has 0 aliphatic rings. The van der Waals surface area contributed by atoms with Crippen molar-refractivity contribution in [3.63, 3.8) is 0 Å². The lowest BCUT2D eigenvalue weighted by Crippen LogP contribution is -2.18. The first-order valence-electron chi connectivity index (χ1n) is 5.53. The van der Waals surface area contributed by atoms with Crippen molar-refractivity contribution >= 4 is 23.1 Å². The van der Waals surface area contributed by atoms with Gasteiger partial charge in [0.2, 0.25) is 0 Å². The summed E-state index contributed by atoms with van der Waals surface area (Å²) in [5, 5.41) is 3.55. The van der Waals surface area contributed by atoms with Gasteiger partial charge in [0.15, 0.2) is 11.0 Å². The third kappa shape index (κ3) is 3.85. The van der Waals surface area contributed by atoms with Crippen molar-refractivity contribution < 1.29 is 0 Å². The molecule has 3 N–H and O–H groups in total. The second-order valence-electron chi connectivity index (χ2n) is 4.44. The number of nitrogen functional groups attached to an aromatic ring is 1. The molecule has 16 heavy (non-hydrogen) atoms. The van der Waals surface area contributed by atoms with Crippen LogP contribution < -0.4 is 11.1 Å². The lowest BCUT2D eigenvalue weighted by Gasteiger charge is -2.16. The van der Waals surface area contributed by atoms with Crippen LogP contribution in [0.3, 0.4) is 0 Å². The number of nitrogens with zero attached hydrogens (tertiary/aromatic N) is 2. The Bertz CT molecular complexity index is 341. The first-order chi connectivity index (χ1) is 7.50. The summed E-state index contributed by atoms with van der Waals surface area (Å²) in [6.07, 6.45) is 3.67. The molecule has 1 unspecified atom stereocenters. The van der Waals surface area contributed by atoms with Crippen LogP contribution in [0.2, 0.25) is 5.15 Å². The normalized spacial score (nSPS) is 12.8. The van der Waals surface area contributed by atoms with E-state index in [9.17, 15) is 0 Å². The maximum atomic E-state index is 5.81. The molecule has 1 rings (SSSR count). The van der Waals surface area contributed by atoms with Crippen LogP contribution in [0.5, 0.6) is 0 Å². The highest BCUT2D eigenvalue weighted by Gasteiger charge is 2.09. The highest BCUT2D eigenvalue weighted by molar-refractivity contribution is 6.32. The van der Waals surface area contributed by atoms with Crippen molar-refractivity contribution in [1.29, 1.82) is 0 Å². The number of aromatic nitrogens is 2. The van der Waals surface area contributed by atoms with E-state index in [1.807, 2.05) is 0 Å². The summed E-state index contributed by atoms with van der Waals surface area (Å²) in [4.78, 5) is 7.88. The molecule has 0 bridgehead atoms. The molecule has 90 valence electrons. The number of rotatable bonds is 5. The fourth-order valence-electron chi connectivity index (χ4n) is 1.38. The van der Waals surface area contributed by atoms with Gasteiger partial charge in [-0.05, 0) is 25.7 Å². The quantitative estimate of drug-likeness (QED) is 0.780. The highest BCUT2D eigenvalue weighted by atomic mass is 35.5. The fourth-order valence-corrected chi connectivity index (χ4v) is 1.51. The Hall–Kier alpha value is -1.03. The Morgan fingerprint density at radius 1 is 1.31 bits per heavy atom. The van der Waals surface area contributed by atoms with Crippen molar-refractivity contribution in [2.75, 3.05) is 11.1 Å². The third-order valence-electron chi connectivity index (χ3n) is 2.40. The van der Waals surface area contributed by atoms with E-state index in [0.717, 1.165) is 6.42 Å². The molecule has 0 fully saturated rings. The average Bonchev–Trinajstić information content (AvgIpc) is 2.22. The smallest absolute Gasteiger partial charge is 0.157 e. The van der Waals surface area contributed by atoms with Crippen molar-refractivity contribution in [3.8, 4) is 0 Å². The molecule has 1 atom stereocenters. The van der Waals surface area contributed by atoms with Gasteiger partial charge in [0.05, 0.1) is 0 Å². The van der Waals surface area contributed by atoms with Gasteiger partial charge in [-0.2, -0.15) is 0 Å². The summed E-state index contributed by atoms with van der Waals surface area (Å²) in [7, 11) is 0. The number of nitrogens with two attached hydrogens (primary N) is 1. The number of anilines is 2. The Labute approximate surface area is 102 Å². The number of nitrogens with one attached hydrogen (secondary N) is 1. The Balaban J connectivity index is 2.56. The SMILES string of the molecule is CC(C)CCC(C)Nc1ncnc(Cl)c1N. The Kier molecular flexibility index (Phi) is 4.80. The van der Waals surface area contributed by atoms with Crippen LogP contribution in [0.4, 0.5) is 11.5 Å². The largest absolute Gasteiger partial charge is 0.393 e. The predicted molar refractivity (Wildman–Crippen MR) is 68.6 cm³/mol. The monoisotopic (exact) mass is 242 g/mol. The van der Waals surface area contributed by atoms with Crippen LogP contribution in [0, 0.1) is 5.92 Å². The van der Waals surface area contributed by atoms with E-state index in [-0.39, 0.29) is 0 Å². The number of hydrogen-bond acceptors (Lipinski definition) is 4. The molecule has 0 spiro atoms. The van der Waals surface area contributed by atoms with Gasteiger partial charge in [-0.1, -0.05) is 25.4 Å². The predicted octanol–water partition coefficient (Wildman–Crippen LogP) is 2.95. The first kappa shape index (κ1) is 13.0. The van der Waals surface area contributed by atoms with E-state index >= 15 is 0 Å². The minimum absolute atomic E-state index is 0.300. The fraction of sp³-hybridized carbons (Fsp3) is 0.636.